The summed E-state index contributed by atoms with van der Waals surface area (Å²) in [5.41, 5.74) is 0.974. The monoisotopic (exact) mass is 291 g/mol. The van der Waals surface area contributed by atoms with Crippen molar-refractivity contribution in [1.29, 1.82) is 0 Å². The molecular formula is C15H21N3OS. The Balaban J connectivity index is 2.12. The fraction of sp³-hybridized carbons (Fsp3) is 0.467. The Kier molecular flexibility index (Phi) is 5.49. The van der Waals surface area contributed by atoms with Gasteiger partial charge in [0.05, 0.1) is 6.10 Å². The third kappa shape index (κ3) is 3.77. The highest BCUT2D eigenvalue weighted by Gasteiger charge is 2.13. The molecule has 108 valence electrons. The first kappa shape index (κ1) is 14.9. The minimum Gasteiger partial charge on any atom is -0.393 e. The van der Waals surface area contributed by atoms with Gasteiger partial charge in [-0.3, -0.25) is 9.67 Å². The molecule has 0 saturated heterocycles. The lowest BCUT2D eigenvalue weighted by Gasteiger charge is -2.11. The molecule has 0 radical (unpaired) electrons. The first-order valence-corrected chi connectivity index (χ1v) is 7.53. The van der Waals surface area contributed by atoms with Crippen LogP contribution in [0.5, 0.6) is 0 Å². The van der Waals surface area contributed by atoms with E-state index in [2.05, 4.69) is 17.1 Å². The average Bonchev–Trinajstić information content (AvgIpc) is 2.81. The van der Waals surface area contributed by atoms with Crippen LogP contribution < -0.4 is 0 Å². The summed E-state index contributed by atoms with van der Waals surface area (Å²) in [5, 5.41) is 17.2. The third-order valence-electron chi connectivity index (χ3n) is 3.32. The second-order valence-corrected chi connectivity index (χ2v) is 5.36. The topological polar surface area (TPSA) is 53.8 Å². The van der Waals surface area contributed by atoms with E-state index in [1.165, 1.54) is 0 Å². The van der Waals surface area contributed by atoms with Gasteiger partial charge in [0.25, 0.3) is 0 Å². The standard InChI is InChI=1S/C15H21N3OS/c1-2-3-5-10-13(19)11-14-16-17-15(20)18(14)12-8-6-4-7-9-12/h4,6-9,13,19H,2-3,5,10-11H2,1H3,(H,17,20)/t13-/m0/s1. The third-order valence-corrected chi connectivity index (χ3v) is 3.59. The smallest absolute Gasteiger partial charge is 0.199 e. The minimum absolute atomic E-state index is 0.366. The number of nitrogens with one attached hydrogen (secondary N) is 1. The van der Waals surface area contributed by atoms with E-state index >= 15 is 0 Å². The lowest BCUT2D eigenvalue weighted by molar-refractivity contribution is 0.158. The Hall–Kier alpha value is -1.46. The second kappa shape index (κ2) is 7.36. The number of benzene rings is 1. The number of hydrogen-bond donors (Lipinski definition) is 2. The van der Waals surface area contributed by atoms with Crippen LogP contribution in [0.1, 0.15) is 38.4 Å². The normalized spacial score (nSPS) is 12.5. The molecule has 20 heavy (non-hydrogen) atoms. The van der Waals surface area contributed by atoms with E-state index in [1.807, 2.05) is 34.9 Å². The van der Waals surface area contributed by atoms with Gasteiger partial charge in [0.1, 0.15) is 5.82 Å². The van der Waals surface area contributed by atoms with Gasteiger partial charge in [-0.05, 0) is 30.8 Å². The molecule has 1 aromatic heterocycles. The largest absolute Gasteiger partial charge is 0.393 e. The number of aromatic nitrogens is 3. The molecule has 2 aromatic rings. The summed E-state index contributed by atoms with van der Waals surface area (Å²) in [4.78, 5) is 0. The number of aliphatic hydroxyl groups excluding tert-OH is 1. The second-order valence-electron chi connectivity index (χ2n) is 4.97. The fourth-order valence-corrected chi connectivity index (χ4v) is 2.51. The molecule has 2 rings (SSSR count). The van der Waals surface area contributed by atoms with Crippen LogP contribution in [0.15, 0.2) is 30.3 Å². The van der Waals surface area contributed by atoms with Crippen LogP contribution in [0, 0.1) is 4.77 Å². The van der Waals surface area contributed by atoms with Crippen LogP contribution in [-0.4, -0.2) is 26.0 Å². The zero-order chi connectivity index (χ0) is 14.4. The van der Waals surface area contributed by atoms with E-state index in [4.69, 9.17) is 12.2 Å². The highest BCUT2D eigenvalue weighted by molar-refractivity contribution is 7.71. The van der Waals surface area contributed by atoms with Crippen molar-refractivity contribution in [2.24, 2.45) is 0 Å². The molecule has 0 aliphatic rings. The molecular weight excluding hydrogens is 270 g/mol. The number of hydrogen-bond acceptors (Lipinski definition) is 3. The number of H-pyrrole nitrogens is 1. The summed E-state index contributed by atoms with van der Waals surface area (Å²) in [5.74, 6) is 0.783. The van der Waals surface area contributed by atoms with Gasteiger partial charge in [-0.2, -0.15) is 5.10 Å². The van der Waals surface area contributed by atoms with Crippen LogP contribution in [0.3, 0.4) is 0 Å². The van der Waals surface area contributed by atoms with Gasteiger partial charge in [-0.1, -0.05) is 44.4 Å². The molecule has 1 heterocycles. The maximum absolute atomic E-state index is 10.1. The van der Waals surface area contributed by atoms with Gasteiger partial charge < -0.3 is 5.11 Å². The zero-order valence-electron chi connectivity index (χ0n) is 11.7. The molecule has 4 nitrogen and oxygen atoms in total. The highest BCUT2D eigenvalue weighted by atomic mass is 32.1. The Morgan fingerprint density at radius 2 is 2.05 bits per heavy atom. The molecule has 0 spiro atoms. The quantitative estimate of drug-likeness (QED) is 0.607. The molecule has 0 amide bonds. The molecule has 0 aliphatic carbocycles. The van der Waals surface area contributed by atoms with Crippen LogP contribution >= 0.6 is 12.2 Å². The summed E-state index contributed by atoms with van der Waals surface area (Å²) in [6.45, 7) is 2.16. The predicted octanol–water partition coefficient (Wildman–Crippen LogP) is 3.41. The van der Waals surface area contributed by atoms with Crippen molar-refractivity contribution in [2.45, 2.75) is 45.1 Å². The highest BCUT2D eigenvalue weighted by Crippen LogP contribution is 2.14. The lowest BCUT2D eigenvalue weighted by atomic mass is 10.1. The van der Waals surface area contributed by atoms with Crippen LogP contribution in [0.25, 0.3) is 5.69 Å². The van der Waals surface area contributed by atoms with Gasteiger partial charge in [0.15, 0.2) is 4.77 Å². The zero-order valence-corrected chi connectivity index (χ0v) is 12.6. The Bertz CT molecular complexity index is 576. The molecule has 0 fully saturated rings. The summed E-state index contributed by atoms with van der Waals surface area (Å²) in [6, 6.07) is 9.86. The molecule has 2 N–H and O–H groups in total. The Morgan fingerprint density at radius 1 is 1.30 bits per heavy atom. The average molecular weight is 291 g/mol. The van der Waals surface area contributed by atoms with Crippen molar-refractivity contribution >= 4 is 12.2 Å². The van der Waals surface area contributed by atoms with Gasteiger partial charge in [-0.25, -0.2) is 0 Å². The maximum Gasteiger partial charge on any atom is 0.199 e. The number of rotatable bonds is 7. The first-order chi connectivity index (χ1) is 9.72. The SMILES string of the molecule is CCCCC[C@H](O)Cc1n[nH]c(=S)n1-c1ccccc1. The molecule has 5 heteroatoms. The van der Waals surface area contributed by atoms with E-state index in [0.29, 0.717) is 11.2 Å². The van der Waals surface area contributed by atoms with Crippen molar-refractivity contribution in [3.63, 3.8) is 0 Å². The van der Waals surface area contributed by atoms with Crippen molar-refractivity contribution in [2.75, 3.05) is 0 Å². The summed E-state index contributed by atoms with van der Waals surface area (Å²) in [6.07, 6.45) is 4.33. The molecule has 1 aromatic carbocycles. The van der Waals surface area contributed by atoms with Crippen molar-refractivity contribution in [1.82, 2.24) is 14.8 Å². The first-order valence-electron chi connectivity index (χ1n) is 7.12. The Labute approximate surface area is 124 Å². The van der Waals surface area contributed by atoms with Crippen LogP contribution in [0.2, 0.25) is 0 Å². The van der Waals surface area contributed by atoms with E-state index in [1.54, 1.807) is 0 Å². The summed E-state index contributed by atoms with van der Waals surface area (Å²) in [7, 11) is 0. The number of aromatic amines is 1. The molecule has 0 aliphatic heterocycles. The van der Waals surface area contributed by atoms with Crippen LogP contribution in [-0.2, 0) is 6.42 Å². The fourth-order valence-electron chi connectivity index (χ4n) is 2.25. The van der Waals surface area contributed by atoms with E-state index in [9.17, 15) is 5.11 Å². The van der Waals surface area contributed by atoms with Gasteiger partial charge >= 0.3 is 0 Å². The molecule has 0 bridgehead atoms. The van der Waals surface area contributed by atoms with Crippen LogP contribution in [0.4, 0.5) is 0 Å². The molecule has 0 unspecified atom stereocenters. The summed E-state index contributed by atoms with van der Waals surface area (Å²) >= 11 is 5.28. The molecule has 1 atom stereocenters. The summed E-state index contributed by atoms with van der Waals surface area (Å²) < 4.78 is 2.45. The lowest BCUT2D eigenvalue weighted by Crippen LogP contribution is -2.14. The maximum atomic E-state index is 10.1. The minimum atomic E-state index is -0.366. The van der Waals surface area contributed by atoms with E-state index in [-0.39, 0.29) is 6.10 Å². The van der Waals surface area contributed by atoms with Gasteiger partial charge in [0.2, 0.25) is 0 Å². The van der Waals surface area contributed by atoms with E-state index in [0.717, 1.165) is 37.2 Å². The van der Waals surface area contributed by atoms with Crippen molar-refractivity contribution in [3.05, 3.63) is 40.9 Å². The van der Waals surface area contributed by atoms with Gasteiger partial charge in [0, 0.05) is 12.1 Å². The van der Waals surface area contributed by atoms with Gasteiger partial charge in [-0.15, -0.1) is 0 Å². The Morgan fingerprint density at radius 3 is 2.75 bits per heavy atom. The number of nitrogens with zero attached hydrogens (tertiary/aromatic N) is 2. The predicted molar refractivity (Wildman–Crippen MR) is 82.6 cm³/mol. The van der Waals surface area contributed by atoms with E-state index < -0.39 is 0 Å². The number of unbranched alkanes of at least 4 members (excludes halogenated alkanes) is 2. The van der Waals surface area contributed by atoms with Crippen molar-refractivity contribution < 1.29 is 5.11 Å². The molecule has 0 saturated carbocycles. The van der Waals surface area contributed by atoms with Crippen molar-refractivity contribution in [3.8, 4) is 5.69 Å². The number of para-hydroxylation sites is 1. The number of aliphatic hydroxyl groups is 1.